The first kappa shape index (κ1) is 15.9. The summed E-state index contributed by atoms with van der Waals surface area (Å²) < 4.78 is 30.7. The van der Waals surface area contributed by atoms with Gasteiger partial charge >= 0.3 is 0 Å². The zero-order valence-electron chi connectivity index (χ0n) is 12.1. The van der Waals surface area contributed by atoms with E-state index in [2.05, 4.69) is 4.98 Å². The number of nitrogens with zero attached hydrogens (tertiary/aromatic N) is 2. The molecule has 0 bridgehead atoms. The Morgan fingerprint density at radius 1 is 1.29 bits per heavy atom. The van der Waals surface area contributed by atoms with Crippen molar-refractivity contribution in [2.75, 3.05) is 0 Å². The van der Waals surface area contributed by atoms with Crippen molar-refractivity contribution in [3.63, 3.8) is 0 Å². The zero-order valence-corrected chi connectivity index (χ0v) is 13.7. The summed E-state index contributed by atoms with van der Waals surface area (Å²) in [5.74, 6) is 0.639. The third-order valence-corrected chi connectivity index (χ3v) is 4.93. The molecule has 2 rings (SSSR count). The molecule has 0 saturated carbocycles. The lowest BCUT2D eigenvalue weighted by molar-refractivity contribution is 0.293. The molecular weight excluding hydrogens is 312 g/mol. The van der Waals surface area contributed by atoms with Crippen LogP contribution in [0.2, 0.25) is 0 Å². The van der Waals surface area contributed by atoms with E-state index in [0.29, 0.717) is 17.9 Å². The van der Waals surface area contributed by atoms with Gasteiger partial charge in [-0.25, -0.2) is 13.4 Å². The number of rotatable bonds is 5. The molecule has 0 aliphatic heterocycles. The molecule has 1 aromatic heterocycles. The van der Waals surface area contributed by atoms with Crippen LogP contribution in [-0.2, 0) is 22.2 Å². The predicted octanol–water partition coefficient (Wildman–Crippen LogP) is 3.03. The minimum absolute atomic E-state index is 0.118. The van der Waals surface area contributed by atoms with E-state index < -0.39 is 9.05 Å². The molecule has 7 heteroatoms. The maximum Gasteiger partial charge on any atom is 0.261 e. The van der Waals surface area contributed by atoms with Gasteiger partial charge in [-0.2, -0.15) is 0 Å². The molecule has 1 aromatic carbocycles. The van der Waals surface area contributed by atoms with Crippen LogP contribution in [0.5, 0.6) is 5.75 Å². The standard InChI is InChI=1S/C14H17ClN2O3S/c1-4-17-9-16-7-12(17)8-20-13-5-6-14(21(15,18)19)11(3)10(13)2/h5-7,9H,4,8H2,1-3H3. The lowest BCUT2D eigenvalue weighted by Crippen LogP contribution is -2.05. The summed E-state index contributed by atoms with van der Waals surface area (Å²) in [6.07, 6.45) is 3.50. The topological polar surface area (TPSA) is 61.2 Å². The molecule has 0 fully saturated rings. The number of halogens is 1. The Hall–Kier alpha value is -1.53. The number of imidazole rings is 1. The average molecular weight is 329 g/mol. The second-order valence-electron chi connectivity index (χ2n) is 4.71. The van der Waals surface area contributed by atoms with Gasteiger partial charge in [0.15, 0.2) is 0 Å². The van der Waals surface area contributed by atoms with Gasteiger partial charge in [0.2, 0.25) is 0 Å². The van der Waals surface area contributed by atoms with E-state index in [-0.39, 0.29) is 4.90 Å². The molecule has 0 saturated heterocycles. The van der Waals surface area contributed by atoms with Crippen molar-refractivity contribution in [1.29, 1.82) is 0 Å². The van der Waals surface area contributed by atoms with Crippen molar-refractivity contribution in [2.24, 2.45) is 0 Å². The Morgan fingerprint density at radius 3 is 2.62 bits per heavy atom. The minimum atomic E-state index is -3.74. The zero-order chi connectivity index (χ0) is 15.6. The maximum atomic E-state index is 11.5. The minimum Gasteiger partial charge on any atom is -0.487 e. The van der Waals surface area contributed by atoms with Crippen molar-refractivity contribution in [3.8, 4) is 5.75 Å². The number of ether oxygens (including phenoxy) is 1. The van der Waals surface area contributed by atoms with Crippen LogP contribution in [0.3, 0.4) is 0 Å². The highest BCUT2D eigenvalue weighted by atomic mass is 35.7. The number of aromatic nitrogens is 2. The Bertz CT molecular complexity index is 754. The molecule has 0 radical (unpaired) electrons. The van der Waals surface area contributed by atoms with Gasteiger partial charge in [-0.15, -0.1) is 0 Å². The summed E-state index contributed by atoms with van der Waals surface area (Å²) in [6, 6.07) is 3.10. The molecule has 0 spiro atoms. The van der Waals surface area contributed by atoms with Gasteiger partial charge in [-0.3, -0.25) is 0 Å². The normalized spacial score (nSPS) is 11.6. The van der Waals surface area contributed by atoms with Gasteiger partial charge in [-0.1, -0.05) is 0 Å². The van der Waals surface area contributed by atoms with Crippen LogP contribution in [0, 0.1) is 13.8 Å². The van der Waals surface area contributed by atoms with E-state index in [9.17, 15) is 8.42 Å². The predicted molar refractivity (Wildman–Crippen MR) is 81.2 cm³/mol. The van der Waals surface area contributed by atoms with Crippen LogP contribution in [0.25, 0.3) is 0 Å². The lowest BCUT2D eigenvalue weighted by Gasteiger charge is -2.13. The number of aryl methyl sites for hydroxylation is 1. The summed E-state index contributed by atoms with van der Waals surface area (Å²) in [5.41, 5.74) is 2.33. The first-order valence-electron chi connectivity index (χ1n) is 6.51. The summed E-state index contributed by atoms with van der Waals surface area (Å²) in [6.45, 7) is 6.75. The van der Waals surface area contributed by atoms with E-state index in [1.54, 1.807) is 25.5 Å². The molecule has 0 unspecified atom stereocenters. The van der Waals surface area contributed by atoms with Gasteiger partial charge in [0.25, 0.3) is 9.05 Å². The molecule has 0 atom stereocenters. The molecule has 0 N–H and O–H groups in total. The number of hydrogen-bond donors (Lipinski definition) is 0. The SMILES string of the molecule is CCn1cncc1COc1ccc(S(=O)(=O)Cl)c(C)c1C. The third kappa shape index (κ3) is 3.39. The van der Waals surface area contributed by atoms with Crippen LogP contribution in [0.4, 0.5) is 0 Å². The van der Waals surface area contributed by atoms with Crippen molar-refractivity contribution >= 4 is 19.7 Å². The largest absolute Gasteiger partial charge is 0.487 e. The first-order valence-corrected chi connectivity index (χ1v) is 8.82. The van der Waals surface area contributed by atoms with Crippen LogP contribution in [0.15, 0.2) is 29.6 Å². The number of benzene rings is 1. The summed E-state index contributed by atoms with van der Waals surface area (Å²) >= 11 is 0. The fourth-order valence-corrected chi connectivity index (χ4v) is 3.35. The van der Waals surface area contributed by atoms with E-state index in [1.165, 1.54) is 6.07 Å². The van der Waals surface area contributed by atoms with Crippen molar-refractivity contribution in [3.05, 3.63) is 41.5 Å². The van der Waals surface area contributed by atoms with Crippen molar-refractivity contribution in [2.45, 2.75) is 38.8 Å². The highest BCUT2D eigenvalue weighted by Gasteiger charge is 2.17. The van der Waals surface area contributed by atoms with Crippen LogP contribution >= 0.6 is 10.7 Å². The molecule has 1 heterocycles. The van der Waals surface area contributed by atoms with E-state index in [1.807, 2.05) is 18.4 Å². The Labute approximate surface area is 128 Å². The summed E-state index contributed by atoms with van der Waals surface area (Å²) in [4.78, 5) is 4.20. The van der Waals surface area contributed by atoms with Gasteiger partial charge in [-0.05, 0) is 44.0 Å². The second kappa shape index (κ2) is 6.07. The Balaban J connectivity index is 2.24. The highest BCUT2D eigenvalue weighted by molar-refractivity contribution is 8.13. The molecule has 0 aliphatic rings. The van der Waals surface area contributed by atoms with Crippen LogP contribution in [-0.4, -0.2) is 18.0 Å². The van der Waals surface area contributed by atoms with Gasteiger partial charge in [0, 0.05) is 17.2 Å². The Kier molecular flexibility index (Phi) is 4.58. The third-order valence-electron chi connectivity index (χ3n) is 3.47. The lowest BCUT2D eigenvalue weighted by atomic mass is 10.1. The molecule has 21 heavy (non-hydrogen) atoms. The molecule has 114 valence electrons. The smallest absolute Gasteiger partial charge is 0.261 e. The Morgan fingerprint density at radius 2 is 2.00 bits per heavy atom. The quantitative estimate of drug-likeness (QED) is 0.791. The highest BCUT2D eigenvalue weighted by Crippen LogP contribution is 2.29. The van der Waals surface area contributed by atoms with E-state index >= 15 is 0 Å². The summed E-state index contributed by atoms with van der Waals surface area (Å²) in [7, 11) is 1.67. The molecule has 0 aliphatic carbocycles. The fraction of sp³-hybridized carbons (Fsp3) is 0.357. The summed E-state index contributed by atoms with van der Waals surface area (Å²) in [5, 5.41) is 0. The molecule has 0 amide bonds. The maximum absolute atomic E-state index is 11.5. The van der Waals surface area contributed by atoms with E-state index in [0.717, 1.165) is 17.8 Å². The van der Waals surface area contributed by atoms with Crippen molar-refractivity contribution in [1.82, 2.24) is 9.55 Å². The fourth-order valence-electron chi connectivity index (χ4n) is 2.10. The molecular formula is C14H17ClN2O3S. The van der Waals surface area contributed by atoms with Crippen LogP contribution in [0.1, 0.15) is 23.7 Å². The van der Waals surface area contributed by atoms with Crippen LogP contribution < -0.4 is 4.74 Å². The molecule has 5 nitrogen and oxygen atoms in total. The van der Waals surface area contributed by atoms with Gasteiger partial charge in [0.05, 0.1) is 23.1 Å². The van der Waals surface area contributed by atoms with Crippen molar-refractivity contribution < 1.29 is 13.2 Å². The van der Waals surface area contributed by atoms with E-state index in [4.69, 9.17) is 15.4 Å². The number of hydrogen-bond acceptors (Lipinski definition) is 4. The monoisotopic (exact) mass is 328 g/mol. The molecule has 2 aromatic rings. The van der Waals surface area contributed by atoms with Gasteiger partial charge < -0.3 is 9.30 Å². The average Bonchev–Trinajstić information content (AvgIpc) is 2.86. The first-order chi connectivity index (χ1) is 9.84. The second-order valence-corrected chi connectivity index (χ2v) is 7.24. The van der Waals surface area contributed by atoms with Gasteiger partial charge in [0.1, 0.15) is 12.4 Å².